The van der Waals surface area contributed by atoms with Gasteiger partial charge in [0.25, 0.3) is 11.4 Å². The standard InChI is InChI=1S/C16H15N3O4.C9H13NO2.C7H3FN2O2.C4H8O/c1-17-12-5-7-14(15(8-12)19(20)21)18-10-11-4-6-13(22-2)9-16(11)23-3;1-11-8-4-3-7(6-10)9(5-8)12-2;1-9-5-2-3-6(8)7(4-5)10(11)12;1-2-4-5-3-1/h4-9,18H,10H2,2-3H3;3-5H,6,10H2,1-2H3;2-4H;1-4H2. The van der Waals surface area contributed by atoms with Gasteiger partial charge in [0, 0.05) is 61.7 Å². The van der Waals surface area contributed by atoms with Gasteiger partial charge in [-0.3, -0.25) is 20.2 Å². The molecule has 52 heavy (non-hydrogen) atoms. The molecule has 274 valence electrons. The first kappa shape index (κ1) is 41.7. The molecule has 0 atom stereocenters. The lowest BCUT2D eigenvalue weighted by Gasteiger charge is -2.12. The van der Waals surface area contributed by atoms with Crippen LogP contribution >= 0.6 is 0 Å². The minimum Gasteiger partial charge on any atom is -0.497 e. The quantitative estimate of drug-likeness (QED) is 0.0921. The number of anilines is 1. The molecule has 0 saturated carbocycles. The number of hydrogen-bond acceptors (Lipinski definition) is 11. The van der Waals surface area contributed by atoms with Crippen LogP contribution in [0.25, 0.3) is 9.69 Å². The molecular weight excluding hydrogens is 679 g/mol. The summed E-state index contributed by atoms with van der Waals surface area (Å²) in [4.78, 5) is 26.1. The molecular formula is C36H39FN6O9. The summed E-state index contributed by atoms with van der Waals surface area (Å²) in [7, 11) is 6.35. The first-order valence-electron chi connectivity index (χ1n) is 15.5. The molecule has 0 bridgehead atoms. The summed E-state index contributed by atoms with van der Waals surface area (Å²) in [5.41, 5.74) is 7.15. The average Bonchev–Trinajstić information content (AvgIpc) is 3.78. The number of nitrogens with one attached hydrogen (secondary N) is 1. The second-order valence-electron chi connectivity index (χ2n) is 10.3. The van der Waals surface area contributed by atoms with Crippen LogP contribution in [0.2, 0.25) is 0 Å². The van der Waals surface area contributed by atoms with E-state index in [1.807, 2.05) is 24.3 Å². The topological polar surface area (TPSA) is 179 Å². The van der Waals surface area contributed by atoms with Crippen LogP contribution in [-0.4, -0.2) is 51.5 Å². The smallest absolute Gasteiger partial charge is 0.294 e. The molecule has 0 aromatic heterocycles. The Labute approximate surface area is 300 Å². The van der Waals surface area contributed by atoms with Crippen LogP contribution in [0.15, 0.2) is 72.8 Å². The molecule has 5 rings (SSSR count). The zero-order valence-corrected chi connectivity index (χ0v) is 29.1. The second kappa shape index (κ2) is 22.3. The Kier molecular flexibility index (Phi) is 17.9. The lowest BCUT2D eigenvalue weighted by molar-refractivity contribution is -0.387. The van der Waals surface area contributed by atoms with Gasteiger partial charge in [-0.25, -0.2) is 9.69 Å². The maximum absolute atomic E-state index is 12.6. The maximum Gasteiger partial charge on any atom is 0.294 e. The molecule has 0 radical (unpaired) electrons. The molecule has 16 heteroatoms. The largest absolute Gasteiger partial charge is 0.497 e. The molecule has 0 amide bonds. The number of nitro groups is 2. The number of halogens is 1. The molecule has 1 aliphatic heterocycles. The fourth-order valence-electron chi connectivity index (χ4n) is 4.32. The number of nitro benzene ring substituents is 2. The van der Waals surface area contributed by atoms with E-state index in [0.717, 1.165) is 48.0 Å². The van der Waals surface area contributed by atoms with Crippen LogP contribution in [0.5, 0.6) is 23.0 Å². The van der Waals surface area contributed by atoms with Crippen molar-refractivity contribution in [3.63, 3.8) is 0 Å². The number of ether oxygens (including phenoxy) is 5. The van der Waals surface area contributed by atoms with E-state index >= 15 is 0 Å². The number of nitrogens with zero attached hydrogens (tertiary/aromatic N) is 4. The summed E-state index contributed by atoms with van der Waals surface area (Å²) < 4.78 is 38.1. The highest BCUT2D eigenvalue weighted by atomic mass is 19.1. The number of nitrogens with two attached hydrogens (primary N) is 1. The first-order valence-corrected chi connectivity index (χ1v) is 15.5. The average molecular weight is 719 g/mol. The number of rotatable bonds is 10. The summed E-state index contributed by atoms with van der Waals surface area (Å²) in [5, 5.41) is 24.3. The van der Waals surface area contributed by atoms with Crippen molar-refractivity contribution in [1.29, 1.82) is 0 Å². The van der Waals surface area contributed by atoms with Gasteiger partial charge in [0.05, 0.1) is 51.4 Å². The van der Waals surface area contributed by atoms with E-state index in [2.05, 4.69) is 15.0 Å². The third-order valence-corrected chi connectivity index (χ3v) is 7.07. The van der Waals surface area contributed by atoms with Crippen molar-refractivity contribution < 1.29 is 37.9 Å². The zero-order chi connectivity index (χ0) is 38.5. The van der Waals surface area contributed by atoms with Crippen molar-refractivity contribution in [2.45, 2.75) is 25.9 Å². The van der Waals surface area contributed by atoms with Gasteiger partial charge in [0.15, 0.2) is 17.2 Å². The molecule has 15 nitrogen and oxygen atoms in total. The van der Waals surface area contributed by atoms with Crippen molar-refractivity contribution in [3.05, 3.63) is 133 Å². The summed E-state index contributed by atoms with van der Waals surface area (Å²) >= 11 is 0. The van der Waals surface area contributed by atoms with Crippen molar-refractivity contribution >= 4 is 28.4 Å². The normalized spacial score (nSPS) is 10.9. The number of benzene rings is 4. The highest BCUT2D eigenvalue weighted by Gasteiger charge is 2.16. The lowest BCUT2D eigenvalue weighted by atomic mass is 10.1. The van der Waals surface area contributed by atoms with E-state index in [9.17, 15) is 24.6 Å². The van der Waals surface area contributed by atoms with Crippen molar-refractivity contribution in [2.24, 2.45) is 5.73 Å². The molecule has 4 aromatic carbocycles. The highest BCUT2D eigenvalue weighted by Crippen LogP contribution is 2.31. The SMILES string of the molecule is C1CCOC1.COc1ccc(CN)c(OC)c1.[C-]#[N+]c1ccc(F)c([N+](=O)[O-])c1.[C-]#[N+]c1ccc(NCc2ccc(OC)cc2OC)c([N+](=O)[O-])c1. The first-order chi connectivity index (χ1) is 25.0. The fourth-order valence-corrected chi connectivity index (χ4v) is 4.32. The van der Waals surface area contributed by atoms with Gasteiger partial charge in [0.1, 0.15) is 28.7 Å². The van der Waals surface area contributed by atoms with E-state index in [0.29, 0.717) is 30.3 Å². The number of methoxy groups -OCH3 is 4. The van der Waals surface area contributed by atoms with E-state index in [1.165, 1.54) is 37.1 Å². The zero-order valence-electron chi connectivity index (χ0n) is 29.1. The molecule has 1 fully saturated rings. The van der Waals surface area contributed by atoms with Crippen LogP contribution < -0.4 is 30.0 Å². The molecule has 3 N–H and O–H groups in total. The predicted octanol–water partition coefficient (Wildman–Crippen LogP) is 8.02. The summed E-state index contributed by atoms with van der Waals surface area (Å²) in [6, 6.07) is 18.3. The lowest BCUT2D eigenvalue weighted by Crippen LogP contribution is -2.04. The fraction of sp³-hybridized carbons (Fsp3) is 0.278. The van der Waals surface area contributed by atoms with Gasteiger partial charge >= 0.3 is 0 Å². The predicted molar refractivity (Wildman–Crippen MR) is 193 cm³/mol. The van der Waals surface area contributed by atoms with E-state index in [4.69, 9.17) is 42.6 Å². The molecule has 1 saturated heterocycles. The van der Waals surface area contributed by atoms with Crippen LogP contribution in [0.1, 0.15) is 24.0 Å². The third kappa shape index (κ3) is 13.1. The maximum atomic E-state index is 12.6. The monoisotopic (exact) mass is 718 g/mol. The van der Waals surface area contributed by atoms with Crippen molar-refractivity contribution in [3.8, 4) is 23.0 Å². The van der Waals surface area contributed by atoms with E-state index < -0.39 is 21.4 Å². The van der Waals surface area contributed by atoms with E-state index in [1.54, 1.807) is 40.6 Å². The molecule has 1 aliphatic rings. The molecule has 0 unspecified atom stereocenters. The van der Waals surface area contributed by atoms with Crippen molar-refractivity contribution in [2.75, 3.05) is 47.0 Å². The molecule has 0 spiro atoms. The summed E-state index contributed by atoms with van der Waals surface area (Å²) in [6.07, 6.45) is 2.56. The highest BCUT2D eigenvalue weighted by molar-refractivity contribution is 5.68. The minimum atomic E-state index is -0.924. The van der Waals surface area contributed by atoms with Crippen molar-refractivity contribution in [1.82, 2.24) is 0 Å². The Hall–Kier alpha value is -6.49. The summed E-state index contributed by atoms with van der Waals surface area (Å²) in [5.74, 6) is 1.92. The third-order valence-electron chi connectivity index (χ3n) is 7.07. The van der Waals surface area contributed by atoms with Gasteiger partial charge in [0.2, 0.25) is 0 Å². The van der Waals surface area contributed by atoms with Crippen LogP contribution in [0.4, 0.5) is 32.8 Å². The second-order valence-corrected chi connectivity index (χ2v) is 10.3. The van der Waals surface area contributed by atoms with Gasteiger partial charge in [-0.15, -0.1) is 0 Å². The molecule has 4 aromatic rings. The number of hydrogen-bond donors (Lipinski definition) is 2. The summed E-state index contributed by atoms with van der Waals surface area (Å²) in [6.45, 7) is 16.3. The molecule has 0 aliphatic carbocycles. The van der Waals surface area contributed by atoms with E-state index in [-0.39, 0.29) is 17.1 Å². The van der Waals surface area contributed by atoms with Crippen LogP contribution in [0, 0.1) is 39.2 Å². The van der Waals surface area contributed by atoms with Crippen LogP contribution in [-0.2, 0) is 17.8 Å². The Morgan fingerprint density at radius 2 is 1.25 bits per heavy atom. The van der Waals surface area contributed by atoms with Gasteiger partial charge in [-0.2, -0.15) is 4.39 Å². The van der Waals surface area contributed by atoms with Gasteiger partial charge in [-0.05, 0) is 43.2 Å². The molecule has 1 heterocycles. The minimum absolute atomic E-state index is 0.0584. The van der Waals surface area contributed by atoms with Gasteiger partial charge in [-0.1, -0.05) is 18.2 Å². The Balaban J connectivity index is 0.000000271. The Bertz CT molecular complexity index is 1870. The van der Waals surface area contributed by atoms with Gasteiger partial charge < -0.3 is 34.7 Å². The van der Waals surface area contributed by atoms with Crippen LogP contribution in [0.3, 0.4) is 0 Å². The Morgan fingerprint density at radius 1 is 0.750 bits per heavy atom. The Morgan fingerprint density at radius 3 is 1.69 bits per heavy atom.